The first-order chi connectivity index (χ1) is 8.17. The van der Waals surface area contributed by atoms with Crippen LogP contribution in [0.5, 0.6) is 0 Å². The fourth-order valence-corrected chi connectivity index (χ4v) is 3.15. The van der Waals surface area contributed by atoms with Crippen LogP contribution in [0, 0.1) is 13.8 Å². The molecular weight excluding hydrogens is 226 g/mol. The Morgan fingerprint density at radius 1 is 1.24 bits per heavy atom. The fraction of sp³-hybridized carbons (Fsp3) is 0.600. The highest BCUT2D eigenvalue weighted by molar-refractivity contribution is 7.99. The monoisotopic (exact) mass is 251 g/mol. The molecule has 1 N–H and O–H groups in total. The van der Waals surface area contributed by atoms with E-state index >= 15 is 0 Å². The third-order valence-corrected chi connectivity index (χ3v) is 4.24. The molecule has 0 aromatic heterocycles. The van der Waals surface area contributed by atoms with E-state index in [1.807, 2.05) is 11.8 Å². The number of hydrogen-bond acceptors (Lipinski definition) is 2. The van der Waals surface area contributed by atoms with Crippen molar-refractivity contribution in [2.75, 3.05) is 12.3 Å². The van der Waals surface area contributed by atoms with Gasteiger partial charge in [0, 0.05) is 16.7 Å². The van der Waals surface area contributed by atoms with Gasteiger partial charge in [-0.3, -0.25) is 0 Å². The number of rotatable bonds is 7. The van der Waals surface area contributed by atoms with E-state index in [9.17, 15) is 0 Å². The lowest BCUT2D eigenvalue weighted by Crippen LogP contribution is -2.30. The molecule has 96 valence electrons. The second kappa shape index (κ2) is 7.78. The van der Waals surface area contributed by atoms with Gasteiger partial charge < -0.3 is 5.32 Å². The summed E-state index contributed by atoms with van der Waals surface area (Å²) in [7, 11) is 0. The third kappa shape index (κ3) is 5.13. The van der Waals surface area contributed by atoms with Crippen molar-refractivity contribution in [1.82, 2.24) is 5.32 Å². The summed E-state index contributed by atoms with van der Waals surface area (Å²) in [5.41, 5.74) is 2.75. The van der Waals surface area contributed by atoms with Gasteiger partial charge in [-0.25, -0.2) is 0 Å². The van der Waals surface area contributed by atoms with Crippen LogP contribution in [0.25, 0.3) is 0 Å². The van der Waals surface area contributed by atoms with E-state index in [4.69, 9.17) is 0 Å². The van der Waals surface area contributed by atoms with Crippen molar-refractivity contribution in [2.45, 2.75) is 51.5 Å². The van der Waals surface area contributed by atoms with Gasteiger partial charge in [0.1, 0.15) is 0 Å². The summed E-state index contributed by atoms with van der Waals surface area (Å²) in [4.78, 5) is 1.43. The van der Waals surface area contributed by atoms with Gasteiger partial charge in [-0.2, -0.15) is 0 Å². The molecule has 0 heterocycles. The molecule has 0 saturated heterocycles. The van der Waals surface area contributed by atoms with Crippen molar-refractivity contribution in [3.05, 3.63) is 29.3 Å². The maximum atomic E-state index is 3.56. The second-order valence-corrected chi connectivity index (χ2v) is 5.69. The lowest BCUT2D eigenvalue weighted by molar-refractivity contribution is 0.531. The van der Waals surface area contributed by atoms with E-state index in [0.29, 0.717) is 6.04 Å². The topological polar surface area (TPSA) is 12.0 Å². The molecule has 0 bridgehead atoms. The maximum absolute atomic E-state index is 3.56. The van der Waals surface area contributed by atoms with Gasteiger partial charge >= 0.3 is 0 Å². The van der Waals surface area contributed by atoms with Crippen molar-refractivity contribution < 1.29 is 0 Å². The van der Waals surface area contributed by atoms with Crippen LogP contribution in [0.1, 0.15) is 37.8 Å². The zero-order valence-electron chi connectivity index (χ0n) is 11.5. The van der Waals surface area contributed by atoms with Crippen LogP contribution in [0.15, 0.2) is 23.1 Å². The molecule has 1 aromatic carbocycles. The number of benzene rings is 1. The zero-order valence-corrected chi connectivity index (χ0v) is 12.4. The maximum Gasteiger partial charge on any atom is 0.0161 e. The highest BCUT2D eigenvalue weighted by Crippen LogP contribution is 2.24. The summed E-state index contributed by atoms with van der Waals surface area (Å²) in [5, 5.41) is 3.56. The normalized spacial score (nSPS) is 12.7. The molecular formula is C15H25NS. The lowest BCUT2D eigenvalue weighted by Gasteiger charge is -2.17. The van der Waals surface area contributed by atoms with Crippen molar-refractivity contribution >= 4 is 11.8 Å². The molecule has 1 rings (SSSR count). The minimum absolute atomic E-state index is 0.649. The number of aryl methyl sites for hydroxylation is 2. The van der Waals surface area contributed by atoms with E-state index in [1.54, 1.807) is 0 Å². The highest BCUT2D eigenvalue weighted by atomic mass is 32.2. The minimum Gasteiger partial charge on any atom is -0.313 e. The molecule has 0 fully saturated rings. The van der Waals surface area contributed by atoms with Crippen LogP contribution in [-0.4, -0.2) is 18.3 Å². The van der Waals surface area contributed by atoms with Crippen LogP contribution in [0.4, 0.5) is 0 Å². The van der Waals surface area contributed by atoms with E-state index in [1.165, 1.54) is 34.6 Å². The first-order valence-electron chi connectivity index (χ1n) is 6.60. The predicted octanol–water partition coefficient (Wildman–Crippen LogP) is 4.17. The Morgan fingerprint density at radius 2 is 2.00 bits per heavy atom. The van der Waals surface area contributed by atoms with Crippen LogP contribution < -0.4 is 5.32 Å². The average molecular weight is 251 g/mol. The Bertz CT molecular complexity index is 330. The van der Waals surface area contributed by atoms with Gasteiger partial charge in [0.25, 0.3) is 0 Å². The smallest absolute Gasteiger partial charge is 0.0161 e. The van der Waals surface area contributed by atoms with Crippen LogP contribution >= 0.6 is 11.8 Å². The second-order valence-electron chi connectivity index (χ2n) is 4.62. The molecule has 17 heavy (non-hydrogen) atoms. The molecule has 0 amide bonds. The molecule has 1 nitrogen and oxygen atoms in total. The molecule has 1 atom stereocenters. The number of thioether (sulfide) groups is 1. The predicted molar refractivity (Wildman–Crippen MR) is 79.0 cm³/mol. The SMILES string of the molecule is CCCC(CSc1ccc(C)cc1C)NCC. The van der Waals surface area contributed by atoms with Gasteiger partial charge in [0.15, 0.2) is 0 Å². The quantitative estimate of drug-likeness (QED) is 0.730. The van der Waals surface area contributed by atoms with Crippen LogP contribution in [0.3, 0.4) is 0 Å². The fourth-order valence-electron chi connectivity index (χ4n) is 2.03. The largest absolute Gasteiger partial charge is 0.313 e. The Labute approximate surface area is 110 Å². The standard InChI is InChI=1S/C15H25NS/c1-5-7-14(16-6-2)11-17-15-9-8-12(3)10-13(15)4/h8-10,14,16H,5-7,11H2,1-4H3. The molecule has 0 aliphatic carbocycles. The number of nitrogens with one attached hydrogen (secondary N) is 1. The third-order valence-electron chi connectivity index (χ3n) is 2.90. The van der Waals surface area contributed by atoms with Crippen molar-refractivity contribution in [3.63, 3.8) is 0 Å². The molecule has 0 aliphatic heterocycles. The van der Waals surface area contributed by atoms with Gasteiger partial charge in [0.2, 0.25) is 0 Å². The summed E-state index contributed by atoms with van der Waals surface area (Å²) in [5.74, 6) is 1.17. The van der Waals surface area contributed by atoms with Gasteiger partial charge in [0.05, 0.1) is 0 Å². The number of hydrogen-bond donors (Lipinski definition) is 1. The van der Waals surface area contributed by atoms with Crippen molar-refractivity contribution in [2.24, 2.45) is 0 Å². The van der Waals surface area contributed by atoms with Crippen LogP contribution in [0.2, 0.25) is 0 Å². The molecule has 0 radical (unpaired) electrons. The molecule has 1 aromatic rings. The highest BCUT2D eigenvalue weighted by Gasteiger charge is 2.07. The summed E-state index contributed by atoms with van der Waals surface area (Å²) in [6.07, 6.45) is 2.52. The van der Waals surface area contributed by atoms with E-state index in [-0.39, 0.29) is 0 Å². The summed E-state index contributed by atoms with van der Waals surface area (Å²) in [6.45, 7) is 9.87. The van der Waals surface area contributed by atoms with Gasteiger partial charge in [-0.15, -0.1) is 11.8 Å². The van der Waals surface area contributed by atoms with Crippen molar-refractivity contribution in [1.29, 1.82) is 0 Å². The minimum atomic E-state index is 0.649. The van der Waals surface area contributed by atoms with Gasteiger partial charge in [-0.1, -0.05) is 38.0 Å². The van der Waals surface area contributed by atoms with E-state index in [2.05, 4.69) is 51.2 Å². The molecule has 0 spiro atoms. The van der Waals surface area contributed by atoms with E-state index in [0.717, 1.165) is 6.54 Å². The Kier molecular flexibility index (Phi) is 6.68. The molecule has 0 aliphatic rings. The summed E-state index contributed by atoms with van der Waals surface area (Å²) < 4.78 is 0. The first-order valence-corrected chi connectivity index (χ1v) is 7.59. The average Bonchev–Trinajstić information content (AvgIpc) is 2.28. The van der Waals surface area contributed by atoms with E-state index < -0.39 is 0 Å². The zero-order chi connectivity index (χ0) is 12.7. The summed E-state index contributed by atoms with van der Waals surface area (Å²) in [6, 6.07) is 7.38. The molecule has 2 heteroatoms. The summed E-state index contributed by atoms with van der Waals surface area (Å²) >= 11 is 1.98. The first kappa shape index (κ1) is 14.6. The Hall–Kier alpha value is -0.470. The molecule has 0 saturated carbocycles. The van der Waals surface area contributed by atoms with Gasteiger partial charge in [-0.05, 0) is 38.4 Å². The lowest BCUT2D eigenvalue weighted by atomic mass is 10.2. The Morgan fingerprint density at radius 3 is 2.59 bits per heavy atom. The van der Waals surface area contributed by atoms with Crippen molar-refractivity contribution in [3.8, 4) is 0 Å². The Balaban J connectivity index is 2.52. The van der Waals surface area contributed by atoms with Crippen LogP contribution in [-0.2, 0) is 0 Å². The molecule has 1 unspecified atom stereocenters.